The van der Waals surface area contributed by atoms with E-state index in [1.54, 1.807) is 0 Å². The maximum Gasteiger partial charge on any atom is 0.141 e. The molecule has 0 spiro atoms. The summed E-state index contributed by atoms with van der Waals surface area (Å²) >= 11 is 0. The normalized spacial score (nSPS) is 12.0. The first-order valence-corrected chi connectivity index (χ1v) is 5.26. The van der Waals surface area contributed by atoms with Crippen LogP contribution in [-0.4, -0.2) is 26.3 Å². The molecule has 0 amide bonds. The SMILES string of the molecule is CC[Si]N(C(C)C)C(C)C. The summed E-state index contributed by atoms with van der Waals surface area (Å²) in [5, 5.41) is 0. The van der Waals surface area contributed by atoms with Crippen LogP contribution in [0.25, 0.3) is 0 Å². The summed E-state index contributed by atoms with van der Waals surface area (Å²) < 4.78 is 2.54. The molecule has 10 heavy (non-hydrogen) atoms. The van der Waals surface area contributed by atoms with E-state index in [1.807, 2.05) is 0 Å². The fourth-order valence-electron chi connectivity index (χ4n) is 1.14. The highest BCUT2D eigenvalue weighted by atomic mass is 28.2. The smallest absolute Gasteiger partial charge is 0.141 e. The Morgan fingerprint density at radius 3 is 1.60 bits per heavy atom. The van der Waals surface area contributed by atoms with Crippen LogP contribution in [0.3, 0.4) is 0 Å². The van der Waals surface area contributed by atoms with E-state index >= 15 is 0 Å². The van der Waals surface area contributed by atoms with Crippen molar-refractivity contribution in [1.82, 2.24) is 4.57 Å². The van der Waals surface area contributed by atoms with Gasteiger partial charge < -0.3 is 4.57 Å². The Morgan fingerprint density at radius 2 is 1.50 bits per heavy atom. The number of hydrogen-bond donors (Lipinski definition) is 0. The standard InChI is InChI=1S/C8H19NSi/c1-6-10-9(7(2)3)8(4)5/h7-8H,6H2,1-5H3. The van der Waals surface area contributed by atoms with Gasteiger partial charge in [-0.25, -0.2) is 0 Å². The van der Waals surface area contributed by atoms with Gasteiger partial charge in [-0.1, -0.05) is 34.6 Å². The highest BCUT2D eigenvalue weighted by molar-refractivity contribution is 6.31. The largest absolute Gasteiger partial charge is 0.321 e. The lowest BCUT2D eigenvalue weighted by Gasteiger charge is -2.29. The zero-order valence-corrected chi connectivity index (χ0v) is 8.81. The molecule has 0 aromatic carbocycles. The number of hydrogen-bond acceptors (Lipinski definition) is 1. The topological polar surface area (TPSA) is 3.24 Å². The van der Waals surface area contributed by atoms with Crippen molar-refractivity contribution in [2.24, 2.45) is 0 Å². The lowest BCUT2D eigenvalue weighted by molar-refractivity contribution is 0.312. The van der Waals surface area contributed by atoms with Crippen molar-refractivity contribution in [1.29, 1.82) is 0 Å². The minimum absolute atomic E-state index is 0.707. The van der Waals surface area contributed by atoms with E-state index in [1.165, 1.54) is 6.04 Å². The van der Waals surface area contributed by atoms with Gasteiger partial charge in [-0.3, -0.25) is 0 Å². The Bertz CT molecular complexity index is 73.3. The van der Waals surface area contributed by atoms with Crippen molar-refractivity contribution < 1.29 is 0 Å². The molecular formula is C8H19NSi. The Balaban J connectivity index is 3.73. The number of nitrogens with zero attached hydrogens (tertiary/aromatic N) is 1. The first-order valence-electron chi connectivity index (χ1n) is 4.11. The average molecular weight is 157 g/mol. The Kier molecular flexibility index (Phi) is 5.00. The second-order valence-electron chi connectivity index (χ2n) is 3.11. The highest BCUT2D eigenvalue weighted by Gasteiger charge is 2.11. The molecule has 0 bridgehead atoms. The second-order valence-corrected chi connectivity index (χ2v) is 4.65. The summed E-state index contributed by atoms with van der Waals surface area (Å²) in [6.07, 6.45) is 0. The number of rotatable bonds is 4. The molecule has 0 atom stereocenters. The van der Waals surface area contributed by atoms with Gasteiger partial charge in [-0.2, -0.15) is 0 Å². The van der Waals surface area contributed by atoms with E-state index in [9.17, 15) is 0 Å². The Morgan fingerprint density at radius 1 is 1.10 bits per heavy atom. The van der Waals surface area contributed by atoms with Crippen LogP contribution in [0.4, 0.5) is 0 Å². The summed E-state index contributed by atoms with van der Waals surface area (Å²) in [7, 11) is 1.00. The molecule has 0 N–H and O–H groups in total. The Labute approximate surface area is 67.7 Å². The summed E-state index contributed by atoms with van der Waals surface area (Å²) in [4.78, 5) is 0. The molecule has 0 unspecified atom stereocenters. The molecule has 0 aromatic heterocycles. The molecule has 2 heteroatoms. The molecule has 1 nitrogen and oxygen atoms in total. The fraction of sp³-hybridized carbons (Fsp3) is 1.00. The lowest BCUT2D eigenvalue weighted by Crippen LogP contribution is -2.39. The van der Waals surface area contributed by atoms with Gasteiger partial charge in [0, 0.05) is 0 Å². The molecule has 0 aliphatic rings. The van der Waals surface area contributed by atoms with E-state index in [4.69, 9.17) is 0 Å². The third kappa shape index (κ3) is 3.37. The van der Waals surface area contributed by atoms with Crippen molar-refractivity contribution in [2.45, 2.75) is 52.7 Å². The van der Waals surface area contributed by atoms with E-state index < -0.39 is 0 Å². The second kappa shape index (κ2) is 4.91. The van der Waals surface area contributed by atoms with E-state index in [0.717, 1.165) is 9.68 Å². The van der Waals surface area contributed by atoms with Crippen molar-refractivity contribution in [3.05, 3.63) is 0 Å². The van der Waals surface area contributed by atoms with E-state index in [-0.39, 0.29) is 0 Å². The first-order chi connectivity index (χ1) is 4.59. The van der Waals surface area contributed by atoms with Crippen LogP contribution in [0, 0.1) is 0 Å². The maximum absolute atomic E-state index is 2.54. The third-order valence-electron chi connectivity index (χ3n) is 1.45. The molecule has 0 saturated heterocycles. The third-order valence-corrected chi connectivity index (χ3v) is 3.17. The minimum atomic E-state index is 0.707. The van der Waals surface area contributed by atoms with Gasteiger partial charge in [-0.15, -0.1) is 0 Å². The van der Waals surface area contributed by atoms with Gasteiger partial charge in [0.05, 0.1) is 0 Å². The summed E-state index contributed by atoms with van der Waals surface area (Å²) in [5.41, 5.74) is 0. The molecule has 0 rings (SSSR count). The van der Waals surface area contributed by atoms with Crippen molar-refractivity contribution in [3.63, 3.8) is 0 Å². The van der Waals surface area contributed by atoms with Gasteiger partial charge in [0.15, 0.2) is 0 Å². The molecule has 0 heterocycles. The van der Waals surface area contributed by atoms with Crippen LogP contribution in [0.15, 0.2) is 0 Å². The monoisotopic (exact) mass is 157 g/mol. The molecule has 0 aromatic rings. The summed E-state index contributed by atoms with van der Waals surface area (Å²) in [6.45, 7) is 11.3. The van der Waals surface area contributed by atoms with Crippen LogP contribution in [-0.2, 0) is 0 Å². The van der Waals surface area contributed by atoms with E-state index in [0.29, 0.717) is 12.1 Å². The molecule has 0 saturated carbocycles. The first kappa shape index (κ1) is 10.2. The van der Waals surface area contributed by atoms with Gasteiger partial charge in [0.25, 0.3) is 0 Å². The maximum atomic E-state index is 2.54. The van der Waals surface area contributed by atoms with E-state index in [2.05, 4.69) is 39.2 Å². The average Bonchev–Trinajstić information content (AvgIpc) is 1.81. The molecule has 2 radical (unpaired) electrons. The van der Waals surface area contributed by atoms with Crippen molar-refractivity contribution in [3.8, 4) is 0 Å². The zero-order valence-electron chi connectivity index (χ0n) is 7.81. The predicted octanol–water partition coefficient (Wildman–Crippen LogP) is 2.16. The minimum Gasteiger partial charge on any atom is -0.321 e. The van der Waals surface area contributed by atoms with Gasteiger partial charge in [-0.05, 0) is 18.1 Å². The van der Waals surface area contributed by atoms with Gasteiger partial charge in [0.1, 0.15) is 9.68 Å². The quantitative estimate of drug-likeness (QED) is 0.565. The molecular weight excluding hydrogens is 138 g/mol. The predicted molar refractivity (Wildman–Crippen MR) is 48.3 cm³/mol. The van der Waals surface area contributed by atoms with Gasteiger partial charge >= 0.3 is 0 Å². The molecule has 60 valence electrons. The van der Waals surface area contributed by atoms with Gasteiger partial charge in [0.2, 0.25) is 0 Å². The Hall–Kier alpha value is 0.177. The van der Waals surface area contributed by atoms with Crippen molar-refractivity contribution in [2.75, 3.05) is 0 Å². The van der Waals surface area contributed by atoms with Crippen LogP contribution in [0.2, 0.25) is 6.04 Å². The van der Waals surface area contributed by atoms with Crippen LogP contribution < -0.4 is 0 Å². The lowest BCUT2D eigenvalue weighted by atomic mass is 10.3. The van der Waals surface area contributed by atoms with Crippen LogP contribution >= 0.6 is 0 Å². The van der Waals surface area contributed by atoms with Crippen LogP contribution in [0.1, 0.15) is 34.6 Å². The zero-order chi connectivity index (χ0) is 8.15. The molecule has 0 fully saturated rings. The summed E-state index contributed by atoms with van der Waals surface area (Å²) in [6, 6.07) is 2.70. The molecule has 0 aliphatic heterocycles. The van der Waals surface area contributed by atoms with Crippen LogP contribution in [0.5, 0.6) is 0 Å². The molecule has 0 aliphatic carbocycles. The fourth-order valence-corrected chi connectivity index (χ4v) is 2.24. The summed E-state index contributed by atoms with van der Waals surface area (Å²) in [5.74, 6) is 0. The highest BCUT2D eigenvalue weighted by Crippen LogP contribution is 2.03. The van der Waals surface area contributed by atoms with Crippen molar-refractivity contribution >= 4 is 9.68 Å².